The van der Waals surface area contributed by atoms with E-state index in [1.807, 2.05) is 0 Å². The van der Waals surface area contributed by atoms with Gasteiger partial charge in [-0.25, -0.2) is 0 Å². The predicted molar refractivity (Wildman–Crippen MR) is 80.5 cm³/mol. The van der Waals surface area contributed by atoms with Crippen LogP contribution in [-0.4, -0.2) is 29.1 Å². The Morgan fingerprint density at radius 2 is 2.11 bits per heavy atom. The second kappa shape index (κ2) is 3.87. The van der Waals surface area contributed by atoms with E-state index in [9.17, 15) is 0 Å². The standard InChI is InChI=1S/C16H17ClN2/c1-10-6-13-12-5-3-4-11-7-15(17)19(16(11)12)9-14(13)18(2)8-10/h3-7,10,14H,8-9H2,1-2H3/t10-,14+/m1/s1. The fourth-order valence-corrected chi connectivity index (χ4v) is 3.94. The van der Waals surface area contributed by atoms with Gasteiger partial charge in [-0.2, -0.15) is 0 Å². The number of hydrogen-bond donors (Lipinski definition) is 0. The van der Waals surface area contributed by atoms with Gasteiger partial charge in [0, 0.05) is 24.0 Å². The van der Waals surface area contributed by atoms with Gasteiger partial charge in [0.25, 0.3) is 0 Å². The zero-order valence-corrected chi connectivity index (χ0v) is 12.0. The molecule has 1 aromatic heterocycles. The van der Waals surface area contributed by atoms with Crippen LogP contribution in [0, 0.1) is 5.92 Å². The van der Waals surface area contributed by atoms with Gasteiger partial charge in [-0.3, -0.25) is 4.90 Å². The summed E-state index contributed by atoms with van der Waals surface area (Å²) in [6.07, 6.45) is 2.45. The molecule has 1 aromatic carbocycles. The molecule has 2 aliphatic rings. The minimum atomic E-state index is 0.458. The maximum atomic E-state index is 6.41. The lowest BCUT2D eigenvalue weighted by atomic mass is 9.86. The summed E-state index contributed by atoms with van der Waals surface area (Å²) in [6, 6.07) is 9.07. The zero-order chi connectivity index (χ0) is 13.1. The molecule has 0 unspecified atom stereocenters. The summed E-state index contributed by atoms with van der Waals surface area (Å²) >= 11 is 6.41. The van der Waals surface area contributed by atoms with E-state index >= 15 is 0 Å². The van der Waals surface area contributed by atoms with E-state index in [1.54, 1.807) is 0 Å². The number of aromatic nitrogens is 1. The zero-order valence-electron chi connectivity index (χ0n) is 11.2. The number of hydrogen-bond acceptors (Lipinski definition) is 1. The molecule has 0 spiro atoms. The molecule has 19 heavy (non-hydrogen) atoms. The molecular weight excluding hydrogens is 256 g/mol. The molecule has 0 radical (unpaired) electrons. The second-order valence-electron chi connectivity index (χ2n) is 5.88. The Bertz CT molecular complexity index is 698. The first-order chi connectivity index (χ1) is 9.15. The maximum Gasteiger partial charge on any atom is 0.110 e. The third-order valence-corrected chi connectivity index (χ3v) is 4.78. The molecule has 0 fully saturated rings. The maximum absolute atomic E-state index is 6.41. The van der Waals surface area contributed by atoms with Crippen molar-refractivity contribution in [2.75, 3.05) is 13.6 Å². The Morgan fingerprint density at radius 3 is 2.95 bits per heavy atom. The number of rotatable bonds is 0. The average Bonchev–Trinajstić information content (AvgIpc) is 2.69. The molecule has 0 N–H and O–H groups in total. The summed E-state index contributed by atoms with van der Waals surface area (Å²) in [7, 11) is 2.22. The van der Waals surface area contributed by atoms with Crippen molar-refractivity contribution in [3.05, 3.63) is 41.1 Å². The van der Waals surface area contributed by atoms with Crippen LogP contribution in [0.4, 0.5) is 0 Å². The summed E-state index contributed by atoms with van der Waals surface area (Å²) in [4.78, 5) is 2.46. The molecule has 2 aliphatic heterocycles. The highest BCUT2D eigenvalue weighted by molar-refractivity contribution is 6.31. The second-order valence-corrected chi connectivity index (χ2v) is 6.26. The lowest BCUT2D eigenvalue weighted by Gasteiger charge is -2.39. The van der Waals surface area contributed by atoms with Crippen LogP contribution in [0.2, 0.25) is 5.15 Å². The number of fused-ring (bicyclic) bond motifs is 2. The fourth-order valence-electron chi connectivity index (χ4n) is 3.67. The Hall–Kier alpha value is -1.25. The molecule has 2 atom stereocenters. The average molecular weight is 273 g/mol. The quantitative estimate of drug-likeness (QED) is 0.711. The van der Waals surface area contributed by atoms with Gasteiger partial charge in [0.05, 0.1) is 11.6 Å². The first-order valence-electron chi connectivity index (χ1n) is 6.85. The first kappa shape index (κ1) is 11.6. The monoisotopic (exact) mass is 272 g/mol. The van der Waals surface area contributed by atoms with Crippen molar-refractivity contribution in [2.24, 2.45) is 5.92 Å². The fraction of sp³-hybridized carbons (Fsp3) is 0.375. The topological polar surface area (TPSA) is 8.17 Å². The van der Waals surface area contributed by atoms with Crippen molar-refractivity contribution >= 4 is 28.1 Å². The van der Waals surface area contributed by atoms with Gasteiger partial charge in [0.15, 0.2) is 0 Å². The molecule has 3 heterocycles. The molecule has 3 heteroatoms. The van der Waals surface area contributed by atoms with Gasteiger partial charge in [0.1, 0.15) is 5.15 Å². The lowest BCUT2D eigenvalue weighted by Crippen LogP contribution is -2.43. The van der Waals surface area contributed by atoms with Crippen LogP contribution in [0.15, 0.2) is 30.3 Å². The normalized spacial score (nSPS) is 26.4. The number of nitrogens with zero attached hydrogens (tertiary/aromatic N) is 2. The summed E-state index contributed by atoms with van der Waals surface area (Å²) in [5, 5.41) is 2.11. The predicted octanol–water partition coefficient (Wildman–Crippen LogP) is 3.64. The van der Waals surface area contributed by atoms with Crippen LogP contribution in [-0.2, 0) is 6.54 Å². The van der Waals surface area contributed by atoms with E-state index in [2.05, 4.69) is 53.8 Å². The summed E-state index contributed by atoms with van der Waals surface area (Å²) < 4.78 is 2.26. The van der Waals surface area contributed by atoms with Gasteiger partial charge >= 0.3 is 0 Å². The molecule has 0 amide bonds. The first-order valence-corrected chi connectivity index (χ1v) is 7.23. The Labute approximate surface area is 118 Å². The van der Waals surface area contributed by atoms with E-state index in [1.165, 1.54) is 22.0 Å². The molecule has 4 rings (SSSR count). The van der Waals surface area contributed by atoms with E-state index in [0.717, 1.165) is 18.2 Å². The van der Waals surface area contributed by atoms with Gasteiger partial charge < -0.3 is 4.57 Å². The molecule has 2 aromatic rings. The largest absolute Gasteiger partial charge is 0.329 e. The molecule has 2 nitrogen and oxygen atoms in total. The van der Waals surface area contributed by atoms with E-state index in [0.29, 0.717) is 12.0 Å². The third kappa shape index (κ3) is 1.53. The van der Waals surface area contributed by atoms with Crippen molar-refractivity contribution in [2.45, 2.75) is 19.5 Å². The number of para-hydroxylation sites is 1. The number of benzene rings is 1. The Morgan fingerprint density at radius 1 is 1.26 bits per heavy atom. The van der Waals surface area contributed by atoms with Crippen LogP contribution in [0.1, 0.15) is 12.5 Å². The molecule has 98 valence electrons. The van der Waals surface area contributed by atoms with E-state index in [4.69, 9.17) is 11.6 Å². The Balaban J connectivity index is 2.04. The van der Waals surface area contributed by atoms with Crippen molar-refractivity contribution < 1.29 is 0 Å². The highest BCUT2D eigenvalue weighted by atomic mass is 35.5. The van der Waals surface area contributed by atoms with Crippen LogP contribution >= 0.6 is 11.6 Å². The van der Waals surface area contributed by atoms with Gasteiger partial charge in [-0.05, 0) is 24.6 Å². The number of halogens is 1. The molecule has 0 saturated carbocycles. The summed E-state index contributed by atoms with van der Waals surface area (Å²) in [5.74, 6) is 0.614. The highest BCUT2D eigenvalue weighted by Crippen LogP contribution is 2.40. The summed E-state index contributed by atoms with van der Waals surface area (Å²) in [5.41, 5.74) is 4.14. The minimum Gasteiger partial charge on any atom is -0.329 e. The van der Waals surface area contributed by atoms with Crippen molar-refractivity contribution in [3.8, 4) is 0 Å². The smallest absolute Gasteiger partial charge is 0.110 e. The summed E-state index contributed by atoms with van der Waals surface area (Å²) in [6.45, 7) is 4.38. The van der Waals surface area contributed by atoms with E-state index in [-0.39, 0.29) is 0 Å². The van der Waals surface area contributed by atoms with Crippen LogP contribution < -0.4 is 0 Å². The third-order valence-electron chi connectivity index (χ3n) is 4.47. The van der Waals surface area contributed by atoms with Crippen molar-refractivity contribution in [1.29, 1.82) is 0 Å². The Kier molecular flexibility index (Phi) is 2.36. The molecule has 0 aliphatic carbocycles. The van der Waals surface area contributed by atoms with E-state index < -0.39 is 0 Å². The van der Waals surface area contributed by atoms with Crippen LogP contribution in [0.5, 0.6) is 0 Å². The van der Waals surface area contributed by atoms with Gasteiger partial charge in [-0.1, -0.05) is 42.8 Å². The van der Waals surface area contributed by atoms with Gasteiger partial charge in [-0.15, -0.1) is 0 Å². The van der Waals surface area contributed by atoms with Crippen LogP contribution in [0.3, 0.4) is 0 Å². The molecule has 0 bridgehead atoms. The van der Waals surface area contributed by atoms with Crippen molar-refractivity contribution in [3.63, 3.8) is 0 Å². The highest BCUT2D eigenvalue weighted by Gasteiger charge is 2.32. The van der Waals surface area contributed by atoms with Crippen molar-refractivity contribution in [1.82, 2.24) is 9.47 Å². The molecular formula is C16H17ClN2. The number of likely N-dealkylation sites (N-methyl/N-ethyl adjacent to an activating group) is 1. The minimum absolute atomic E-state index is 0.458. The SMILES string of the molecule is C[C@@H]1C=C2c3cccc4cc(Cl)n(c34)C[C@@H]2N(C)C1. The van der Waals surface area contributed by atoms with Crippen LogP contribution in [0.25, 0.3) is 16.5 Å². The molecule has 0 saturated heterocycles. The lowest BCUT2D eigenvalue weighted by molar-refractivity contribution is 0.234. The van der Waals surface area contributed by atoms with Gasteiger partial charge in [0.2, 0.25) is 0 Å².